The Morgan fingerprint density at radius 3 is 2.00 bits per heavy atom. The summed E-state index contributed by atoms with van der Waals surface area (Å²) in [6, 6.07) is 15.1. The lowest BCUT2D eigenvalue weighted by molar-refractivity contribution is -0.917. The maximum absolute atomic E-state index is 12.5. The first-order chi connectivity index (χ1) is 11.1. The Kier molecular flexibility index (Phi) is 5.21. The van der Waals surface area contributed by atoms with Crippen molar-refractivity contribution in [3.05, 3.63) is 69.7 Å². The maximum atomic E-state index is 12.5. The maximum Gasteiger partial charge on any atom is 0.254 e. The van der Waals surface area contributed by atoms with Crippen LogP contribution in [0, 0.1) is 0 Å². The lowest BCUT2D eigenvalue weighted by atomic mass is 10.1. The SMILES string of the molecule is O=C(c1ccc(Cl)cc1)N1CC[NH+](Cc2ccc(Cl)cc2)CC1. The van der Waals surface area contributed by atoms with Crippen LogP contribution in [0.1, 0.15) is 15.9 Å². The molecular weight excluding hydrogens is 331 g/mol. The number of piperazine rings is 1. The Balaban J connectivity index is 1.54. The van der Waals surface area contributed by atoms with E-state index in [1.807, 2.05) is 17.0 Å². The molecule has 1 fully saturated rings. The fraction of sp³-hybridized carbons (Fsp3) is 0.278. The molecule has 2 aromatic carbocycles. The molecule has 3 rings (SSSR count). The number of hydrogen-bond donors (Lipinski definition) is 1. The average Bonchev–Trinajstić information content (AvgIpc) is 2.58. The Bertz CT molecular complexity index is 662. The summed E-state index contributed by atoms with van der Waals surface area (Å²) in [7, 11) is 0. The first kappa shape index (κ1) is 16.3. The Morgan fingerprint density at radius 1 is 0.913 bits per heavy atom. The van der Waals surface area contributed by atoms with Crippen LogP contribution in [-0.4, -0.2) is 37.0 Å². The fourth-order valence-electron chi connectivity index (χ4n) is 2.87. The van der Waals surface area contributed by atoms with Crippen LogP contribution in [-0.2, 0) is 6.54 Å². The molecule has 1 amide bonds. The summed E-state index contributed by atoms with van der Waals surface area (Å²) in [4.78, 5) is 15.9. The van der Waals surface area contributed by atoms with Crippen molar-refractivity contribution < 1.29 is 9.69 Å². The summed E-state index contributed by atoms with van der Waals surface area (Å²) in [6.45, 7) is 4.46. The van der Waals surface area contributed by atoms with E-state index < -0.39 is 0 Å². The summed E-state index contributed by atoms with van der Waals surface area (Å²) >= 11 is 11.8. The smallest absolute Gasteiger partial charge is 0.254 e. The molecule has 1 aliphatic heterocycles. The largest absolute Gasteiger partial charge is 0.328 e. The number of carbonyl (C=O) groups is 1. The molecule has 1 heterocycles. The van der Waals surface area contributed by atoms with Gasteiger partial charge in [-0.3, -0.25) is 4.79 Å². The van der Waals surface area contributed by atoms with Crippen LogP contribution < -0.4 is 4.90 Å². The van der Waals surface area contributed by atoms with Gasteiger partial charge in [0, 0.05) is 21.2 Å². The van der Waals surface area contributed by atoms with Gasteiger partial charge in [0.1, 0.15) is 6.54 Å². The van der Waals surface area contributed by atoms with E-state index in [2.05, 4.69) is 12.1 Å². The summed E-state index contributed by atoms with van der Waals surface area (Å²) in [5.41, 5.74) is 1.98. The number of nitrogens with zero attached hydrogens (tertiary/aromatic N) is 1. The third-order valence-corrected chi connectivity index (χ3v) is 4.72. The van der Waals surface area contributed by atoms with Gasteiger partial charge in [0.05, 0.1) is 26.2 Å². The second kappa shape index (κ2) is 7.35. The summed E-state index contributed by atoms with van der Waals surface area (Å²) in [6.07, 6.45) is 0. The number of amides is 1. The molecule has 3 nitrogen and oxygen atoms in total. The molecule has 0 bridgehead atoms. The Hall–Kier alpha value is -1.55. The van der Waals surface area contributed by atoms with Crippen LogP contribution in [0.25, 0.3) is 0 Å². The minimum Gasteiger partial charge on any atom is -0.328 e. The van der Waals surface area contributed by atoms with Crippen molar-refractivity contribution in [2.24, 2.45) is 0 Å². The molecule has 5 heteroatoms. The highest BCUT2D eigenvalue weighted by Gasteiger charge is 2.24. The van der Waals surface area contributed by atoms with Gasteiger partial charge < -0.3 is 9.80 Å². The zero-order valence-electron chi connectivity index (χ0n) is 12.8. The van der Waals surface area contributed by atoms with Crippen molar-refractivity contribution in [1.29, 1.82) is 0 Å². The third-order valence-electron chi connectivity index (χ3n) is 4.22. The zero-order chi connectivity index (χ0) is 16.2. The van der Waals surface area contributed by atoms with Crippen LogP contribution in [0.3, 0.4) is 0 Å². The Labute approximate surface area is 146 Å². The second-order valence-corrected chi connectivity index (χ2v) is 6.73. The molecule has 23 heavy (non-hydrogen) atoms. The van der Waals surface area contributed by atoms with Crippen LogP contribution in [0.5, 0.6) is 0 Å². The second-order valence-electron chi connectivity index (χ2n) is 5.85. The molecule has 0 aromatic heterocycles. The van der Waals surface area contributed by atoms with Gasteiger partial charge in [0.25, 0.3) is 5.91 Å². The van der Waals surface area contributed by atoms with Gasteiger partial charge >= 0.3 is 0 Å². The van der Waals surface area contributed by atoms with E-state index in [0.717, 1.165) is 37.7 Å². The molecule has 1 saturated heterocycles. The van der Waals surface area contributed by atoms with E-state index in [1.165, 1.54) is 10.5 Å². The first-order valence-electron chi connectivity index (χ1n) is 7.75. The molecule has 0 aliphatic carbocycles. The molecule has 120 valence electrons. The summed E-state index contributed by atoms with van der Waals surface area (Å²) in [5, 5.41) is 1.42. The van der Waals surface area contributed by atoms with Crippen LogP contribution in [0.2, 0.25) is 10.0 Å². The van der Waals surface area contributed by atoms with Gasteiger partial charge in [-0.2, -0.15) is 0 Å². The predicted molar refractivity (Wildman–Crippen MR) is 93.2 cm³/mol. The molecule has 0 unspecified atom stereocenters. The summed E-state index contributed by atoms with van der Waals surface area (Å²) < 4.78 is 0. The molecule has 0 radical (unpaired) electrons. The number of halogens is 2. The van der Waals surface area contributed by atoms with Crippen molar-refractivity contribution in [2.75, 3.05) is 26.2 Å². The van der Waals surface area contributed by atoms with Gasteiger partial charge in [-0.05, 0) is 36.4 Å². The van der Waals surface area contributed by atoms with Gasteiger partial charge in [-0.25, -0.2) is 0 Å². The van der Waals surface area contributed by atoms with E-state index in [9.17, 15) is 4.79 Å². The lowest BCUT2D eigenvalue weighted by Gasteiger charge is -2.32. The highest BCUT2D eigenvalue weighted by Crippen LogP contribution is 2.12. The highest BCUT2D eigenvalue weighted by atomic mass is 35.5. The quantitative estimate of drug-likeness (QED) is 0.904. The highest BCUT2D eigenvalue weighted by molar-refractivity contribution is 6.30. The predicted octanol–water partition coefficient (Wildman–Crippen LogP) is 2.53. The molecule has 2 aromatic rings. The van der Waals surface area contributed by atoms with Crippen molar-refractivity contribution >= 4 is 29.1 Å². The number of quaternary nitrogens is 1. The van der Waals surface area contributed by atoms with Crippen LogP contribution in [0.4, 0.5) is 0 Å². The minimum absolute atomic E-state index is 0.0900. The number of carbonyl (C=O) groups excluding carboxylic acids is 1. The standard InChI is InChI=1S/C18H18Cl2N2O/c19-16-5-1-14(2-6-16)13-21-9-11-22(12-10-21)18(23)15-3-7-17(20)8-4-15/h1-8H,9-13H2/p+1. The number of nitrogens with one attached hydrogen (secondary N) is 1. The van der Waals surface area contributed by atoms with Crippen molar-refractivity contribution in [1.82, 2.24) is 4.90 Å². The fourth-order valence-corrected chi connectivity index (χ4v) is 3.12. The van der Waals surface area contributed by atoms with E-state index in [0.29, 0.717) is 10.6 Å². The molecule has 0 spiro atoms. The van der Waals surface area contributed by atoms with Crippen LogP contribution in [0.15, 0.2) is 48.5 Å². The number of benzene rings is 2. The van der Waals surface area contributed by atoms with E-state index in [-0.39, 0.29) is 5.91 Å². The average molecular weight is 350 g/mol. The molecule has 1 N–H and O–H groups in total. The molecule has 1 aliphatic rings. The monoisotopic (exact) mass is 349 g/mol. The van der Waals surface area contributed by atoms with E-state index >= 15 is 0 Å². The van der Waals surface area contributed by atoms with Crippen LogP contribution >= 0.6 is 23.2 Å². The van der Waals surface area contributed by atoms with Gasteiger partial charge in [0.2, 0.25) is 0 Å². The van der Waals surface area contributed by atoms with Gasteiger partial charge in [-0.1, -0.05) is 35.3 Å². The van der Waals surface area contributed by atoms with Crippen molar-refractivity contribution in [3.8, 4) is 0 Å². The first-order valence-corrected chi connectivity index (χ1v) is 8.50. The topological polar surface area (TPSA) is 24.8 Å². The summed E-state index contributed by atoms with van der Waals surface area (Å²) in [5.74, 6) is 0.0900. The zero-order valence-corrected chi connectivity index (χ0v) is 14.3. The number of hydrogen-bond acceptors (Lipinski definition) is 1. The van der Waals surface area contributed by atoms with Gasteiger partial charge in [-0.15, -0.1) is 0 Å². The number of rotatable bonds is 3. The lowest BCUT2D eigenvalue weighted by Crippen LogP contribution is -3.13. The minimum atomic E-state index is 0.0900. The third kappa shape index (κ3) is 4.25. The normalized spacial score (nSPS) is 15.7. The van der Waals surface area contributed by atoms with Crippen molar-refractivity contribution in [2.45, 2.75) is 6.54 Å². The van der Waals surface area contributed by atoms with Gasteiger partial charge in [0.15, 0.2) is 0 Å². The molecular formula is C18H19Cl2N2O+. The molecule has 0 saturated carbocycles. The molecule has 0 atom stereocenters. The van der Waals surface area contributed by atoms with Crippen molar-refractivity contribution in [3.63, 3.8) is 0 Å². The van der Waals surface area contributed by atoms with E-state index in [1.54, 1.807) is 24.3 Å². The Morgan fingerprint density at radius 2 is 1.43 bits per heavy atom. The van der Waals surface area contributed by atoms with E-state index in [4.69, 9.17) is 23.2 Å².